The fourth-order valence-corrected chi connectivity index (χ4v) is 3.89. The second-order valence-electron chi connectivity index (χ2n) is 6.47. The number of halogens is 1. The molecule has 4 rings (SSSR count). The average molecular weight is 424 g/mol. The van der Waals surface area contributed by atoms with Gasteiger partial charge in [-0.05, 0) is 47.5 Å². The molecule has 1 aliphatic rings. The highest BCUT2D eigenvalue weighted by atomic mass is 79.9. The Morgan fingerprint density at radius 3 is 1.89 bits per heavy atom. The Bertz CT molecular complexity index is 869. The molecule has 3 aromatic rings. The standard InChI is InChI=1S/C21H18BrN.2C2H6/c1-21(2)17-10-6-7-11-19(17)23(16-8-4-3-5-9-16)20-13-12-15(22)14-18(20)21;2*1-2/h3-14H,1-2H3;2*1-2H3. The van der Waals surface area contributed by atoms with E-state index in [-0.39, 0.29) is 5.41 Å². The zero-order valence-corrected chi connectivity index (χ0v) is 18.8. The average Bonchev–Trinajstić information content (AvgIpc) is 2.73. The van der Waals surface area contributed by atoms with Gasteiger partial charge in [0.05, 0.1) is 11.4 Å². The van der Waals surface area contributed by atoms with Crippen LogP contribution in [0.3, 0.4) is 0 Å². The van der Waals surface area contributed by atoms with Crippen LogP contribution in [0.2, 0.25) is 0 Å². The number of anilines is 3. The van der Waals surface area contributed by atoms with Crippen LogP contribution in [0.1, 0.15) is 52.7 Å². The van der Waals surface area contributed by atoms with Crippen molar-refractivity contribution in [2.75, 3.05) is 4.90 Å². The van der Waals surface area contributed by atoms with Crippen LogP contribution in [0.4, 0.5) is 17.1 Å². The van der Waals surface area contributed by atoms with Crippen molar-refractivity contribution < 1.29 is 0 Å². The first-order valence-electron chi connectivity index (χ1n) is 9.84. The molecule has 0 saturated carbocycles. The molecule has 142 valence electrons. The highest BCUT2D eigenvalue weighted by Crippen LogP contribution is 2.52. The van der Waals surface area contributed by atoms with Gasteiger partial charge < -0.3 is 4.90 Å². The normalized spacial score (nSPS) is 13.2. The number of para-hydroxylation sites is 2. The number of nitrogens with zero attached hydrogens (tertiary/aromatic N) is 1. The summed E-state index contributed by atoms with van der Waals surface area (Å²) in [6.07, 6.45) is 0. The Hall–Kier alpha value is -2.06. The fourth-order valence-electron chi connectivity index (χ4n) is 3.53. The van der Waals surface area contributed by atoms with Crippen LogP contribution in [0, 0.1) is 0 Å². The molecule has 0 radical (unpaired) electrons. The minimum atomic E-state index is -0.0268. The van der Waals surface area contributed by atoms with Crippen molar-refractivity contribution in [3.05, 3.63) is 88.4 Å². The van der Waals surface area contributed by atoms with Crippen LogP contribution in [-0.4, -0.2) is 0 Å². The lowest BCUT2D eigenvalue weighted by Crippen LogP contribution is -2.30. The lowest BCUT2D eigenvalue weighted by atomic mass is 9.73. The van der Waals surface area contributed by atoms with Crippen molar-refractivity contribution in [2.45, 2.75) is 47.0 Å². The van der Waals surface area contributed by atoms with E-state index in [0.29, 0.717) is 0 Å². The molecular formula is C25H30BrN. The maximum absolute atomic E-state index is 3.64. The van der Waals surface area contributed by atoms with Crippen LogP contribution < -0.4 is 4.90 Å². The van der Waals surface area contributed by atoms with Crippen LogP contribution in [-0.2, 0) is 5.41 Å². The quantitative estimate of drug-likeness (QED) is 0.378. The summed E-state index contributed by atoms with van der Waals surface area (Å²) in [4.78, 5) is 2.36. The molecule has 1 aliphatic heterocycles. The van der Waals surface area contributed by atoms with Gasteiger partial charge in [0.1, 0.15) is 0 Å². The van der Waals surface area contributed by atoms with Gasteiger partial charge in [-0.3, -0.25) is 0 Å². The van der Waals surface area contributed by atoms with E-state index in [9.17, 15) is 0 Å². The van der Waals surface area contributed by atoms with E-state index >= 15 is 0 Å². The predicted molar refractivity (Wildman–Crippen MR) is 124 cm³/mol. The molecule has 0 bridgehead atoms. The second-order valence-corrected chi connectivity index (χ2v) is 7.39. The molecule has 0 fully saturated rings. The van der Waals surface area contributed by atoms with Gasteiger partial charge in [-0.1, -0.05) is 93.9 Å². The van der Waals surface area contributed by atoms with E-state index in [0.717, 1.165) is 4.47 Å². The molecule has 0 saturated heterocycles. The Morgan fingerprint density at radius 1 is 0.667 bits per heavy atom. The molecule has 0 atom stereocenters. The minimum absolute atomic E-state index is 0.0268. The zero-order chi connectivity index (χ0) is 20.0. The van der Waals surface area contributed by atoms with Crippen molar-refractivity contribution >= 4 is 33.0 Å². The van der Waals surface area contributed by atoms with Crippen molar-refractivity contribution in [2.24, 2.45) is 0 Å². The Kier molecular flexibility index (Phi) is 7.26. The first-order chi connectivity index (χ1) is 13.1. The predicted octanol–water partition coefficient (Wildman–Crippen LogP) is 8.61. The summed E-state index contributed by atoms with van der Waals surface area (Å²) >= 11 is 3.64. The van der Waals surface area contributed by atoms with Crippen molar-refractivity contribution in [3.8, 4) is 0 Å². The minimum Gasteiger partial charge on any atom is -0.310 e. The summed E-state index contributed by atoms with van der Waals surface area (Å²) < 4.78 is 1.12. The topological polar surface area (TPSA) is 3.24 Å². The SMILES string of the molecule is CC.CC.CC1(C)c2ccccc2N(c2ccccc2)c2ccc(Br)cc21. The van der Waals surface area contributed by atoms with Crippen molar-refractivity contribution in [1.29, 1.82) is 0 Å². The molecule has 0 aromatic heterocycles. The summed E-state index contributed by atoms with van der Waals surface area (Å²) in [6.45, 7) is 12.6. The third-order valence-corrected chi connectivity index (χ3v) is 5.20. The lowest BCUT2D eigenvalue weighted by molar-refractivity contribution is 0.631. The molecule has 0 N–H and O–H groups in total. The van der Waals surface area contributed by atoms with E-state index in [4.69, 9.17) is 0 Å². The van der Waals surface area contributed by atoms with Crippen LogP contribution >= 0.6 is 15.9 Å². The first kappa shape index (κ1) is 21.2. The Balaban J connectivity index is 0.000000614. The number of hydrogen-bond acceptors (Lipinski definition) is 1. The second kappa shape index (κ2) is 9.23. The number of rotatable bonds is 1. The molecule has 27 heavy (non-hydrogen) atoms. The van der Waals surface area contributed by atoms with Gasteiger partial charge in [-0.15, -0.1) is 0 Å². The monoisotopic (exact) mass is 423 g/mol. The third kappa shape index (κ3) is 3.96. The van der Waals surface area contributed by atoms with E-state index in [2.05, 4.69) is 107 Å². The molecule has 1 nitrogen and oxygen atoms in total. The molecule has 1 heterocycles. The van der Waals surface area contributed by atoms with Crippen molar-refractivity contribution in [3.63, 3.8) is 0 Å². The number of fused-ring (bicyclic) bond motifs is 2. The van der Waals surface area contributed by atoms with E-state index in [1.165, 1.54) is 28.2 Å². The maximum atomic E-state index is 3.64. The number of hydrogen-bond donors (Lipinski definition) is 0. The van der Waals surface area contributed by atoms with Gasteiger partial charge in [0, 0.05) is 15.6 Å². The van der Waals surface area contributed by atoms with E-state index in [1.807, 2.05) is 27.7 Å². The highest BCUT2D eigenvalue weighted by molar-refractivity contribution is 9.10. The summed E-state index contributed by atoms with van der Waals surface area (Å²) in [5.41, 5.74) is 6.38. The summed E-state index contributed by atoms with van der Waals surface area (Å²) in [5, 5.41) is 0. The Labute approximate surface area is 173 Å². The molecule has 0 unspecified atom stereocenters. The van der Waals surface area contributed by atoms with Crippen LogP contribution in [0.25, 0.3) is 0 Å². The van der Waals surface area contributed by atoms with E-state index < -0.39 is 0 Å². The first-order valence-corrected chi connectivity index (χ1v) is 10.6. The molecule has 0 amide bonds. The van der Waals surface area contributed by atoms with Gasteiger partial charge in [0.25, 0.3) is 0 Å². The van der Waals surface area contributed by atoms with Crippen LogP contribution in [0.15, 0.2) is 77.3 Å². The summed E-state index contributed by atoms with van der Waals surface area (Å²) in [5.74, 6) is 0. The van der Waals surface area contributed by atoms with E-state index in [1.54, 1.807) is 0 Å². The summed E-state index contributed by atoms with van der Waals surface area (Å²) in [6, 6.07) is 25.9. The highest BCUT2D eigenvalue weighted by Gasteiger charge is 2.36. The summed E-state index contributed by atoms with van der Waals surface area (Å²) in [7, 11) is 0. The number of benzene rings is 3. The van der Waals surface area contributed by atoms with Crippen LogP contribution in [0.5, 0.6) is 0 Å². The molecule has 0 aliphatic carbocycles. The van der Waals surface area contributed by atoms with Crippen molar-refractivity contribution in [1.82, 2.24) is 0 Å². The zero-order valence-electron chi connectivity index (χ0n) is 17.3. The molecule has 2 heteroatoms. The smallest absolute Gasteiger partial charge is 0.0503 e. The largest absolute Gasteiger partial charge is 0.310 e. The molecule has 0 spiro atoms. The molecular weight excluding hydrogens is 394 g/mol. The van der Waals surface area contributed by atoms with Gasteiger partial charge in [0.15, 0.2) is 0 Å². The van der Waals surface area contributed by atoms with Gasteiger partial charge >= 0.3 is 0 Å². The van der Waals surface area contributed by atoms with Gasteiger partial charge in [-0.2, -0.15) is 0 Å². The van der Waals surface area contributed by atoms with Gasteiger partial charge in [-0.25, -0.2) is 0 Å². The molecule has 3 aromatic carbocycles. The third-order valence-electron chi connectivity index (χ3n) is 4.71. The maximum Gasteiger partial charge on any atom is 0.0503 e. The fraction of sp³-hybridized carbons (Fsp3) is 0.280. The Morgan fingerprint density at radius 2 is 1.22 bits per heavy atom. The lowest BCUT2D eigenvalue weighted by Gasteiger charge is -2.42. The van der Waals surface area contributed by atoms with Gasteiger partial charge in [0.2, 0.25) is 0 Å².